The maximum atomic E-state index is 12.3. The SMILES string of the molecule is CC(=O)c1cccc(NC(=O)CCCCCCCCN2C(=O)c3ccccc3C2=O)c1. The summed E-state index contributed by atoms with van der Waals surface area (Å²) in [5.41, 5.74) is 2.22. The van der Waals surface area contributed by atoms with Crippen LogP contribution in [0.5, 0.6) is 0 Å². The zero-order valence-electron chi connectivity index (χ0n) is 17.9. The summed E-state index contributed by atoms with van der Waals surface area (Å²) in [7, 11) is 0. The Bertz CT molecular complexity index is 948. The fraction of sp³-hybridized carbons (Fsp3) is 0.360. The van der Waals surface area contributed by atoms with E-state index in [2.05, 4.69) is 5.32 Å². The van der Waals surface area contributed by atoms with Crippen LogP contribution < -0.4 is 5.32 Å². The Balaban J connectivity index is 1.26. The van der Waals surface area contributed by atoms with Gasteiger partial charge in [0.25, 0.3) is 11.8 Å². The molecule has 2 aromatic carbocycles. The Morgan fingerprint density at radius 1 is 0.806 bits per heavy atom. The van der Waals surface area contributed by atoms with Gasteiger partial charge in [-0.25, -0.2) is 0 Å². The maximum Gasteiger partial charge on any atom is 0.261 e. The normalized spacial score (nSPS) is 12.7. The van der Waals surface area contributed by atoms with E-state index in [4.69, 9.17) is 0 Å². The number of carbonyl (C=O) groups excluding carboxylic acids is 4. The van der Waals surface area contributed by atoms with E-state index in [1.54, 1.807) is 48.5 Å². The van der Waals surface area contributed by atoms with Crippen LogP contribution in [0.3, 0.4) is 0 Å². The van der Waals surface area contributed by atoms with Crippen molar-refractivity contribution in [3.63, 3.8) is 0 Å². The molecule has 0 spiro atoms. The number of nitrogens with one attached hydrogen (secondary N) is 1. The quantitative estimate of drug-likeness (QED) is 0.320. The van der Waals surface area contributed by atoms with E-state index >= 15 is 0 Å². The van der Waals surface area contributed by atoms with Crippen LogP contribution in [-0.4, -0.2) is 34.9 Å². The average molecular weight is 421 g/mol. The number of amides is 3. The number of hydrogen-bond acceptors (Lipinski definition) is 4. The van der Waals surface area contributed by atoms with Crippen LogP contribution in [0.4, 0.5) is 5.69 Å². The Labute approximate surface area is 182 Å². The molecule has 1 aliphatic heterocycles. The number of fused-ring (bicyclic) bond motifs is 1. The summed E-state index contributed by atoms with van der Waals surface area (Å²) in [6.07, 6.45) is 5.94. The fourth-order valence-electron chi connectivity index (χ4n) is 3.74. The largest absolute Gasteiger partial charge is 0.326 e. The molecule has 162 valence electrons. The molecule has 2 aromatic rings. The number of hydrogen-bond donors (Lipinski definition) is 1. The molecule has 0 atom stereocenters. The van der Waals surface area contributed by atoms with Gasteiger partial charge in [0.15, 0.2) is 5.78 Å². The predicted octanol–water partition coefficient (Wildman–Crippen LogP) is 4.85. The summed E-state index contributed by atoms with van der Waals surface area (Å²) in [6, 6.07) is 13.9. The molecule has 1 aliphatic rings. The monoisotopic (exact) mass is 420 g/mol. The molecule has 1 heterocycles. The van der Waals surface area contributed by atoms with Crippen molar-refractivity contribution in [1.82, 2.24) is 4.90 Å². The first-order chi connectivity index (χ1) is 15.0. The highest BCUT2D eigenvalue weighted by Gasteiger charge is 2.34. The molecule has 6 nitrogen and oxygen atoms in total. The van der Waals surface area contributed by atoms with Crippen molar-refractivity contribution in [3.8, 4) is 0 Å². The van der Waals surface area contributed by atoms with Gasteiger partial charge in [-0.05, 0) is 44.0 Å². The summed E-state index contributed by atoms with van der Waals surface area (Å²) in [6.45, 7) is 1.95. The van der Waals surface area contributed by atoms with Crippen LogP contribution in [0, 0.1) is 0 Å². The molecule has 0 unspecified atom stereocenters. The van der Waals surface area contributed by atoms with Gasteiger partial charge in [-0.2, -0.15) is 0 Å². The van der Waals surface area contributed by atoms with Gasteiger partial charge in [0.1, 0.15) is 0 Å². The Morgan fingerprint density at radius 3 is 2.06 bits per heavy atom. The van der Waals surface area contributed by atoms with Gasteiger partial charge >= 0.3 is 0 Å². The summed E-state index contributed by atoms with van der Waals surface area (Å²) < 4.78 is 0. The second-order valence-corrected chi connectivity index (χ2v) is 7.86. The van der Waals surface area contributed by atoms with Crippen LogP contribution >= 0.6 is 0 Å². The molecule has 0 bridgehead atoms. The highest BCUT2D eigenvalue weighted by atomic mass is 16.2. The van der Waals surface area contributed by atoms with Crippen molar-refractivity contribution >= 4 is 29.2 Å². The molecule has 1 N–H and O–H groups in total. The van der Waals surface area contributed by atoms with E-state index in [0.717, 1.165) is 38.5 Å². The molecule has 3 rings (SSSR count). The number of Topliss-reactive ketones (excluding diaryl/α,β-unsaturated/α-hetero) is 1. The maximum absolute atomic E-state index is 12.3. The number of ketones is 1. The molecular weight excluding hydrogens is 392 g/mol. The van der Waals surface area contributed by atoms with Gasteiger partial charge in [0, 0.05) is 24.2 Å². The van der Waals surface area contributed by atoms with Crippen molar-refractivity contribution in [1.29, 1.82) is 0 Å². The van der Waals surface area contributed by atoms with Crippen LogP contribution in [-0.2, 0) is 4.79 Å². The predicted molar refractivity (Wildman–Crippen MR) is 119 cm³/mol. The summed E-state index contributed by atoms with van der Waals surface area (Å²) in [4.78, 5) is 49.4. The van der Waals surface area contributed by atoms with Crippen molar-refractivity contribution in [2.75, 3.05) is 11.9 Å². The van der Waals surface area contributed by atoms with E-state index in [9.17, 15) is 19.2 Å². The lowest BCUT2D eigenvalue weighted by Gasteiger charge is -2.13. The van der Waals surface area contributed by atoms with Crippen molar-refractivity contribution in [2.45, 2.75) is 51.9 Å². The number of carbonyl (C=O) groups is 4. The van der Waals surface area contributed by atoms with Crippen molar-refractivity contribution in [2.24, 2.45) is 0 Å². The zero-order chi connectivity index (χ0) is 22.2. The van der Waals surface area contributed by atoms with Crippen LogP contribution in [0.1, 0.15) is 82.9 Å². The van der Waals surface area contributed by atoms with Gasteiger partial charge in [0.2, 0.25) is 5.91 Å². The Hall–Kier alpha value is -3.28. The second-order valence-electron chi connectivity index (χ2n) is 7.86. The molecule has 0 fully saturated rings. The van der Waals surface area contributed by atoms with E-state index in [-0.39, 0.29) is 23.5 Å². The van der Waals surface area contributed by atoms with E-state index in [1.807, 2.05) is 0 Å². The minimum Gasteiger partial charge on any atom is -0.326 e. The molecule has 0 saturated carbocycles. The standard InChI is InChI=1S/C25H28N2O4/c1-18(28)19-11-10-12-20(17-19)26-23(29)15-6-4-2-3-5-9-16-27-24(30)21-13-7-8-14-22(21)25(27)31/h7-8,10-14,17H,2-6,9,15-16H2,1H3,(H,26,29). The molecule has 6 heteroatoms. The molecular formula is C25H28N2O4. The van der Waals surface area contributed by atoms with Gasteiger partial charge in [-0.1, -0.05) is 49.9 Å². The van der Waals surface area contributed by atoms with E-state index < -0.39 is 0 Å². The van der Waals surface area contributed by atoms with Gasteiger partial charge in [0.05, 0.1) is 11.1 Å². The van der Waals surface area contributed by atoms with Crippen molar-refractivity contribution in [3.05, 3.63) is 65.2 Å². The number of nitrogens with zero attached hydrogens (tertiary/aromatic N) is 1. The number of imide groups is 1. The van der Waals surface area contributed by atoms with Gasteiger partial charge < -0.3 is 5.32 Å². The smallest absolute Gasteiger partial charge is 0.261 e. The highest BCUT2D eigenvalue weighted by Crippen LogP contribution is 2.23. The van der Waals surface area contributed by atoms with Crippen LogP contribution in [0.2, 0.25) is 0 Å². The lowest BCUT2D eigenvalue weighted by Crippen LogP contribution is -2.30. The third kappa shape index (κ3) is 5.87. The van der Waals surface area contributed by atoms with Gasteiger partial charge in [-0.15, -0.1) is 0 Å². The second kappa shape index (κ2) is 10.7. The summed E-state index contributed by atoms with van der Waals surface area (Å²) in [5.74, 6) is -0.466. The average Bonchev–Trinajstić information content (AvgIpc) is 3.00. The Morgan fingerprint density at radius 2 is 1.42 bits per heavy atom. The number of unbranched alkanes of at least 4 members (excludes halogenated alkanes) is 5. The molecule has 0 aliphatic carbocycles. The van der Waals surface area contributed by atoms with Gasteiger partial charge in [-0.3, -0.25) is 24.1 Å². The number of anilines is 1. The third-order valence-corrected chi connectivity index (χ3v) is 5.47. The lowest BCUT2D eigenvalue weighted by molar-refractivity contribution is -0.116. The first-order valence-corrected chi connectivity index (χ1v) is 10.8. The summed E-state index contributed by atoms with van der Waals surface area (Å²) >= 11 is 0. The molecule has 31 heavy (non-hydrogen) atoms. The van der Waals surface area contributed by atoms with E-state index in [1.165, 1.54) is 11.8 Å². The molecule has 0 aromatic heterocycles. The molecule has 3 amide bonds. The zero-order valence-corrected chi connectivity index (χ0v) is 17.9. The minimum atomic E-state index is -0.194. The Kier molecular flexibility index (Phi) is 7.70. The number of rotatable bonds is 11. The first kappa shape index (κ1) is 22.4. The third-order valence-electron chi connectivity index (χ3n) is 5.47. The van der Waals surface area contributed by atoms with Crippen LogP contribution in [0.15, 0.2) is 48.5 Å². The fourth-order valence-corrected chi connectivity index (χ4v) is 3.74. The first-order valence-electron chi connectivity index (χ1n) is 10.8. The minimum absolute atomic E-state index is 0.0286. The lowest BCUT2D eigenvalue weighted by atomic mass is 10.1. The van der Waals surface area contributed by atoms with Crippen LogP contribution in [0.25, 0.3) is 0 Å². The van der Waals surface area contributed by atoms with E-state index in [0.29, 0.717) is 35.3 Å². The number of benzene rings is 2. The topological polar surface area (TPSA) is 83.6 Å². The highest BCUT2D eigenvalue weighted by molar-refractivity contribution is 6.21. The summed E-state index contributed by atoms with van der Waals surface area (Å²) in [5, 5.41) is 2.83. The van der Waals surface area contributed by atoms with Crippen molar-refractivity contribution < 1.29 is 19.2 Å². The molecule has 0 radical (unpaired) electrons. The molecule has 0 saturated heterocycles.